The minimum atomic E-state index is -0.550. The van der Waals surface area contributed by atoms with E-state index in [9.17, 15) is 19.2 Å². The number of carbonyl (C=O) groups is 4. The molecule has 0 aliphatic carbocycles. The molecule has 0 bridgehead atoms. The van der Waals surface area contributed by atoms with Crippen LogP contribution in [0.25, 0.3) is 0 Å². The number of nitrogens with one attached hydrogen (secondary N) is 1. The standard InChI is InChI=1S/C41H51N5O4/c1-30(2)23-36-29-46(41(50)40(49)44(36)22-20-31-13-6-3-7-14-31)37(25-33-17-10-5-11-18-33)27-43-21-12-19-34(43)28-45-35(26-42-38(47)39(45)48)24-32-15-8-4-9-16-32/h3-11,13-18,30,34-37H,12,19-29H2,1-2H3,(H,42,47)/t34-,35-,36-,37-/m0/s1. The van der Waals surface area contributed by atoms with Crippen LogP contribution in [0.15, 0.2) is 91.0 Å². The number of piperazine rings is 2. The van der Waals surface area contributed by atoms with Crippen LogP contribution in [0.2, 0.25) is 0 Å². The molecule has 3 aromatic rings. The van der Waals surface area contributed by atoms with Crippen molar-refractivity contribution in [2.45, 2.75) is 76.5 Å². The second kappa shape index (κ2) is 16.5. The predicted octanol–water partition coefficient (Wildman–Crippen LogP) is 3.96. The Morgan fingerprint density at radius 2 is 1.36 bits per heavy atom. The molecule has 264 valence electrons. The molecule has 4 atom stereocenters. The van der Waals surface area contributed by atoms with Crippen LogP contribution < -0.4 is 5.32 Å². The Bertz CT molecular complexity index is 1600. The highest BCUT2D eigenvalue weighted by Crippen LogP contribution is 2.27. The average Bonchev–Trinajstić information content (AvgIpc) is 3.56. The third kappa shape index (κ3) is 8.62. The summed E-state index contributed by atoms with van der Waals surface area (Å²) in [6, 6.07) is 30.0. The zero-order valence-electron chi connectivity index (χ0n) is 29.5. The molecule has 6 rings (SSSR count). The number of amides is 4. The van der Waals surface area contributed by atoms with Crippen molar-refractivity contribution in [2.24, 2.45) is 5.92 Å². The van der Waals surface area contributed by atoms with Gasteiger partial charge >= 0.3 is 23.6 Å². The highest BCUT2D eigenvalue weighted by molar-refractivity contribution is 6.36. The summed E-state index contributed by atoms with van der Waals surface area (Å²) in [5, 5.41) is 2.80. The number of likely N-dealkylation sites (tertiary alicyclic amines) is 1. The van der Waals surface area contributed by atoms with E-state index in [0.717, 1.165) is 42.5 Å². The molecule has 0 aromatic heterocycles. The van der Waals surface area contributed by atoms with Gasteiger partial charge in [0, 0.05) is 44.8 Å². The summed E-state index contributed by atoms with van der Waals surface area (Å²) in [6.07, 6.45) is 4.68. The maximum Gasteiger partial charge on any atom is 0.312 e. The van der Waals surface area contributed by atoms with Gasteiger partial charge in [0.05, 0.1) is 12.1 Å². The smallest absolute Gasteiger partial charge is 0.312 e. The van der Waals surface area contributed by atoms with Crippen molar-refractivity contribution in [3.63, 3.8) is 0 Å². The minimum Gasteiger partial charge on any atom is -0.346 e. The van der Waals surface area contributed by atoms with Crippen LogP contribution in [0, 0.1) is 5.92 Å². The highest BCUT2D eigenvalue weighted by Gasteiger charge is 2.43. The van der Waals surface area contributed by atoms with Crippen LogP contribution in [0.3, 0.4) is 0 Å². The van der Waals surface area contributed by atoms with E-state index in [1.807, 2.05) is 64.4 Å². The number of hydrogen-bond donors (Lipinski definition) is 1. The molecular formula is C41H51N5O4. The van der Waals surface area contributed by atoms with E-state index in [2.05, 4.69) is 60.5 Å². The lowest BCUT2D eigenvalue weighted by Crippen LogP contribution is -2.64. The van der Waals surface area contributed by atoms with Gasteiger partial charge in [0.1, 0.15) is 0 Å². The number of rotatable bonds is 14. The van der Waals surface area contributed by atoms with Crippen molar-refractivity contribution in [1.29, 1.82) is 0 Å². The van der Waals surface area contributed by atoms with Crippen molar-refractivity contribution in [3.8, 4) is 0 Å². The van der Waals surface area contributed by atoms with Crippen molar-refractivity contribution in [1.82, 2.24) is 24.9 Å². The summed E-state index contributed by atoms with van der Waals surface area (Å²) in [5.74, 6) is -1.51. The number of carbonyl (C=O) groups excluding carboxylic acids is 4. The number of hydrogen-bond acceptors (Lipinski definition) is 5. The Hall–Kier alpha value is -4.50. The maximum absolute atomic E-state index is 14.1. The Labute approximate surface area is 296 Å². The Kier molecular flexibility index (Phi) is 11.6. The zero-order valence-corrected chi connectivity index (χ0v) is 29.5. The van der Waals surface area contributed by atoms with E-state index in [0.29, 0.717) is 57.9 Å². The second-order valence-electron chi connectivity index (χ2n) is 14.6. The van der Waals surface area contributed by atoms with Gasteiger partial charge < -0.3 is 20.0 Å². The van der Waals surface area contributed by atoms with Crippen molar-refractivity contribution < 1.29 is 19.2 Å². The maximum atomic E-state index is 14.1. The Balaban J connectivity index is 1.22. The molecule has 9 nitrogen and oxygen atoms in total. The van der Waals surface area contributed by atoms with Crippen molar-refractivity contribution >= 4 is 23.6 Å². The van der Waals surface area contributed by atoms with Crippen molar-refractivity contribution in [3.05, 3.63) is 108 Å². The van der Waals surface area contributed by atoms with Gasteiger partial charge in [-0.05, 0) is 67.7 Å². The van der Waals surface area contributed by atoms with Gasteiger partial charge in [-0.15, -0.1) is 0 Å². The first-order valence-corrected chi connectivity index (χ1v) is 18.3. The van der Waals surface area contributed by atoms with Gasteiger partial charge in [0.25, 0.3) is 0 Å². The largest absolute Gasteiger partial charge is 0.346 e. The van der Waals surface area contributed by atoms with Gasteiger partial charge in [-0.1, -0.05) is 105 Å². The summed E-state index contributed by atoms with van der Waals surface area (Å²) in [5.41, 5.74) is 3.39. The van der Waals surface area contributed by atoms with E-state index in [4.69, 9.17) is 0 Å². The topological polar surface area (TPSA) is 93.3 Å². The fourth-order valence-corrected chi connectivity index (χ4v) is 8.05. The SMILES string of the molecule is CC(C)C[C@H]1CN([C@@H](Cc2ccccc2)CN2CCC[C@H]2CN2C(=O)C(=O)NC[C@@H]2Cc2ccccc2)C(=O)C(=O)N1CCc1ccccc1. The molecule has 3 aromatic carbocycles. The lowest BCUT2D eigenvalue weighted by atomic mass is 9.96. The van der Waals surface area contributed by atoms with E-state index >= 15 is 0 Å². The number of benzene rings is 3. The van der Waals surface area contributed by atoms with E-state index in [1.165, 1.54) is 0 Å². The molecule has 50 heavy (non-hydrogen) atoms. The van der Waals surface area contributed by atoms with Crippen LogP contribution in [-0.2, 0) is 38.4 Å². The summed E-state index contributed by atoms with van der Waals surface area (Å²) >= 11 is 0. The molecule has 3 aliphatic rings. The summed E-state index contributed by atoms with van der Waals surface area (Å²) < 4.78 is 0. The first kappa shape index (κ1) is 35.3. The Morgan fingerprint density at radius 3 is 2.02 bits per heavy atom. The van der Waals surface area contributed by atoms with Crippen LogP contribution in [-0.4, -0.2) is 107 Å². The third-order valence-electron chi connectivity index (χ3n) is 10.6. The van der Waals surface area contributed by atoms with E-state index in [1.54, 1.807) is 4.90 Å². The fourth-order valence-electron chi connectivity index (χ4n) is 8.05. The molecule has 0 radical (unpaired) electrons. The minimum absolute atomic E-state index is 0.0471. The van der Waals surface area contributed by atoms with Gasteiger partial charge in [0.2, 0.25) is 0 Å². The van der Waals surface area contributed by atoms with Crippen LogP contribution in [0.4, 0.5) is 0 Å². The highest BCUT2D eigenvalue weighted by atomic mass is 16.2. The second-order valence-corrected chi connectivity index (χ2v) is 14.6. The lowest BCUT2D eigenvalue weighted by Gasteiger charge is -2.46. The molecule has 1 N–H and O–H groups in total. The average molecular weight is 678 g/mol. The Morgan fingerprint density at radius 1 is 0.720 bits per heavy atom. The molecule has 3 saturated heterocycles. The fraction of sp³-hybridized carbons (Fsp3) is 0.463. The van der Waals surface area contributed by atoms with Gasteiger partial charge in [0.15, 0.2) is 0 Å². The van der Waals surface area contributed by atoms with Gasteiger partial charge in [-0.3, -0.25) is 24.1 Å². The third-order valence-corrected chi connectivity index (χ3v) is 10.6. The predicted molar refractivity (Wildman–Crippen MR) is 194 cm³/mol. The summed E-state index contributed by atoms with van der Waals surface area (Å²) in [6.45, 7) is 7.66. The molecule has 4 amide bonds. The molecule has 9 heteroatoms. The quantitative estimate of drug-likeness (QED) is 0.261. The van der Waals surface area contributed by atoms with Crippen LogP contribution in [0.5, 0.6) is 0 Å². The van der Waals surface area contributed by atoms with Crippen molar-refractivity contribution in [2.75, 3.05) is 39.3 Å². The van der Waals surface area contributed by atoms with Crippen LogP contribution in [0.1, 0.15) is 49.8 Å². The molecule has 0 spiro atoms. The first-order valence-electron chi connectivity index (χ1n) is 18.3. The molecule has 3 fully saturated rings. The zero-order chi connectivity index (χ0) is 35.0. The molecule has 3 aliphatic heterocycles. The monoisotopic (exact) mass is 677 g/mol. The molecule has 0 unspecified atom stereocenters. The summed E-state index contributed by atoms with van der Waals surface area (Å²) in [7, 11) is 0. The first-order chi connectivity index (χ1) is 24.3. The van der Waals surface area contributed by atoms with Gasteiger partial charge in [-0.25, -0.2) is 0 Å². The lowest BCUT2D eigenvalue weighted by molar-refractivity contribution is -0.161. The molecular weight excluding hydrogens is 626 g/mol. The summed E-state index contributed by atoms with van der Waals surface area (Å²) in [4.78, 5) is 61.8. The van der Waals surface area contributed by atoms with E-state index in [-0.39, 0.29) is 24.2 Å². The molecule has 0 saturated carbocycles. The van der Waals surface area contributed by atoms with Crippen LogP contribution >= 0.6 is 0 Å². The molecule has 3 heterocycles. The number of nitrogens with zero attached hydrogens (tertiary/aromatic N) is 4. The van der Waals surface area contributed by atoms with E-state index < -0.39 is 23.6 Å². The van der Waals surface area contributed by atoms with Gasteiger partial charge in [-0.2, -0.15) is 0 Å². The normalized spacial score (nSPS) is 22.4.